The van der Waals surface area contributed by atoms with Crippen molar-refractivity contribution >= 4 is 32.5 Å². The first-order valence-corrected chi connectivity index (χ1v) is 7.61. The van der Waals surface area contributed by atoms with Crippen molar-refractivity contribution in [2.24, 2.45) is 10.3 Å². The third kappa shape index (κ3) is 8.40. The number of rotatable bonds is 5. The summed E-state index contributed by atoms with van der Waals surface area (Å²) in [7, 11) is 4.49. The van der Waals surface area contributed by atoms with E-state index in [1.165, 1.54) is 31.2 Å². The molecule has 2 N–H and O–H groups in total. The maximum absolute atomic E-state index is 12.6. The van der Waals surface area contributed by atoms with Crippen molar-refractivity contribution in [3.8, 4) is 0 Å². The Labute approximate surface area is 136 Å². The normalized spacial score (nSPS) is 11.3. The second-order valence-corrected chi connectivity index (χ2v) is 3.73. The molecule has 0 fully saturated rings. The van der Waals surface area contributed by atoms with Crippen LogP contribution < -0.4 is 5.32 Å². The van der Waals surface area contributed by atoms with Crippen molar-refractivity contribution in [3.63, 3.8) is 0 Å². The molecular weight excluding hydrogens is 393 g/mol. The third-order valence-electron chi connectivity index (χ3n) is 2.27. The molecule has 0 saturated carbocycles. The summed E-state index contributed by atoms with van der Waals surface area (Å²) in [6, 6.07) is 5.60. The van der Waals surface area contributed by atoms with Crippen LogP contribution in [-0.2, 0) is 23.0 Å². The molecule has 21 heavy (non-hydrogen) atoms. The van der Waals surface area contributed by atoms with Gasteiger partial charge in [0.2, 0.25) is 0 Å². The molecule has 0 aliphatic heterocycles. The predicted molar refractivity (Wildman–Crippen MR) is 77.1 cm³/mol. The quantitative estimate of drug-likeness (QED) is 0.341. The molecule has 0 spiro atoms. The van der Waals surface area contributed by atoms with Crippen molar-refractivity contribution < 1.29 is 32.6 Å². The molecule has 0 aromatic heterocycles. The molecule has 0 aliphatic carbocycles. The molecule has 1 amide bonds. The second kappa shape index (κ2) is 11.2. The van der Waals surface area contributed by atoms with E-state index >= 15 is 0 Å². The minimum atomic E-state index is -0.491. The molecule has 0 bridgehead atoms. The van der Waals surface area contributed by atoms with E-state index in [2.05, 4.69) is 48.7 Å². The minimum absolute atomic E-state index is 0.0578. The SMILES string of the molecule is CC(=N/[N-]C(=O)CNc1ccc(F)cc1)/C(C)=N/O.[Cl][Pd+]. The Balaban J connectivity index is 0.00000191. The molecule has 0 unspecified atom stereocenters. The summed E-state index contributed by atoms with van der Waals surface area (Å²) in [5.41, 5.74) is 4.68. The molecule has 9 heteroatoms. The third-order valence-corrected chi connectivity index (χ3v) is 2.27. The zero-order chi connectivity index (χ0) is 16.3. The first-order valence-electron chi connectivity index (χ1n) is 5.61. The van der Waals surface area contributed by atoms with Crippen LogP contribution in [0.1, 0.15) is 13.8 Å². The van der Waals surface area contributed by atoms with Gasteiger partial charge in [-0.2, -0.15) is 0 Å². The second-order valence-electron chi connectivity index (χ2n) is 3.73. The number of hydrogen-bond acceptors (Lipinski definition) is 5. The van der Waals surface area contributed by atoms with Gasteiger partial charge in [0.1, 0.15) is 5.82 Å². The molecule has 0 aliphatic rings. The first-order chi connectivity index (χ1) is 10.0. The Morgan fingerprint density at radius 2 is 1.90 bits per heavy atom. The Morgan fingerprint density at radius 1 is 1.33 bits per heavy atom. The van der Waals surface area contributed by atoms with Crippen LogP contribution in [0.5, 0.6) is 0 Å². The standard InChI is InChI=1S/C12H15FN4O2.ClH.Pd/c1-8(9(2)17-19)15-16-12(18)7-14-11-5-3-10(13)4-6-11;;/h3-6,14H,7H2,1-2H3,(H2,15,16,17,18,19);1H;/q;;+2/p-2. The zero-order valence-corrected chi connectivity index (χ0v) is 13.6. The van der Waals surface area contributed by atoms with Gasteiger partial charge in [-0.25, -0.2) is 4.39 Å². The summed E-state index contributed by atoms with van der Waals surface area (Å²) >= 11 is 2.22. The summed E-state index contributed by atoms with van der Waals surface area (Å²) in [5, 5.41) is 17.8. The van der Waals surface area contributed by atoms with E-state index in [0.717, 1.165) is 0 Å². The van der Waals surface area contributed by atoms with E-state index in [9.17, 15) is 9.18 Å². The molecule has 1 aromatic carbocycles. The molecule has 0 saturated heterocycles. The number of amides is 1. The molecular formula is C12H14ClFN4O2Pd. The molecule has 0 heterocycles. The van der Waals surface area contributed by atoms with E-state index in [0.29, 0.717) is 11.4 Å². The van der Waals surface area contributed by atoms with Gasteiger partial charge >= 0.3 is 27.7 Å². The van der Waals surface area contributed by atoms with Gasteiger partial charge in [-0.15, -0.1) is 0 Å². The van der Waals surface area contributed by atoms with Crippen LogP contribution in [0.15, 0.2) is 34.5 Å². The van der Waals surface area contributed by atoms with Crippen LogP contribution in [0.4, 0.5) is 10.1 Å². The van der Waals surface area contributed by atoms with Gasteiger partial charge in [-0.3, -0.25) is 0 Å². The number of oxime groups is 1. The molecule has 6 nitrogen and oxygen atoms in total. The number of benzene rings is 1. The van der Waals surface area contributed by atoms with Crippen LogP contribution in [0, 0.1) is 5.82 Å². The number of nitrogens with one attached hydrogen (secondary N) is 1. The van der Waals surface area contributed by atoms with Crippen molar-refractivity contribution in [1.82, 2.24) is 0 Å². The molecule has 0 radical (unpaired) electrons. The van der Waals surface area contributed by atoms with Gasteiger partial charge in [-0.05, 0) is 38.1 Å². The molecule has 118 valence electrons. The predicted octanol–water partition coefficient (Wildman–Crippen LogP) is 3.05. The number of carbonyl (C=O) groups is 1. The first kappa shape index (κ1) is 19.5. The van der Waals surface area contributed by atoms with E-state index < -0.39 is 5.91 Å². The number of carbonyl (C=O) groups excluding carboxylic acids is 1. The summed E-state index contributed by atoms with van der Waals surface area (Å²) in [5.74, 6) is -0.838. The monoisotopic (exact) mass is 406 g/mol. The fraction of sp³-hybridized carbons (Fsp3) is 0.250. The van der Waals surface area contributed by atoms with Crippen molar-refractivity contribution in [2.75, 3.05) is 11.9 Å². The van der Waals surface area contributed by atoms with Gasteiger partial charge in [0.05, 0.1) is 18.2 Å². The molecule has 1 aromatic rings. The van der Waals surface area contributed by atoms with Crippen LogP contribution in [0.2, 0.25) is 0 Å². The summed E-state index contributed by atoms with van der Waals surface area (Å²) in [4.78, 5) is 11.4. The van der Waals surface area contributed by atoms with Crippen LogP contribution in [0.3, 0.4) is 0 Å². The van der Waals surface area contributed by atoms with Gasteiger partial charge in [0.15, 0.2) is 0 Å². The topological polar surface area (TPSA) is 88.2 Å². The fourth-order valence-corrected chi connectivity index (χ4v) is 1.06. The summed E-state index contributed by atoms with van der Waals surface area (Å²) in [6.45, 7) is 3.05. The number of anilines is 1. The van der Waals surface area contributed by atoms with Crippen LogP contribution in [0.25, 0.3) is 5.43 Å². The Morgan fingerprint density at radius 3 is 2.43 bits per heavy atom. The number of halogens is 2. The summed E-state index contributed by atoms with van der Waals surface area (Å²) in [6.07, 6.45) is 0. The molecule has 0 atom stereocenters. The average molecular weight is 407 g/mol. The van der Waals surface area contributed by atoms with Crippen molar-refractivity contribution in [2.45, 2.75) is 13.8 Å². The number of nitrogens with zero attached hydrogens (tertiary/aromatic N) is 3. The van der Waals surface area contributed by atoms with Gasteiger partial charge in [0.25, 0.3) is 0 Å². The Bertz CT molecular complexity index is 508. The van der Waals surface area contributed by atoms with Crippen molar-refractivity contribution in [3.05, 3.63) is 35.5 Å². The zero-order valence-electron chi connectivity index (χ0n) is 11.3. The van der Waals surface area contributed by atoms with E-state index in [4.69, 9.17) is 5.21 Å². The van der Waals surface area contributed by atoms with Gasteiger partial charge < -0.3 is 25.8 Å². The van der Waals surface area contributed by atoms with E-state index in [1.54, 1.807) is 6.92 Å². The Kier molecular flexibility index (Phi) is 10.4. The fourth-order valence-electron chi connectivity index (χ4n) is 1.06. The summed E-state index contributed by atoms with van der Waals surface area (Å²) < 4.78 is 12.6. The van der Waals surface area contributed by atoms with E-state index in [-0.39, 0.29) is 18.1 Å². The van der Waals surface area contributed by atoms with Gasteiger partial charge in [-0.1, -0.05) is 5.16 Å². The Hall–Kier alpha value is -1.49. The molecule has 1 rings (SSSR count). The van der Waals surface area contributed by atoms with Crippen molar-refractivity contribution in [1.29, 1.82) is 0 Å². The van der Waals surface area contributed by atoms with E-state index in [1.807, 2.05) is 0 Å². The van der Waals surface area contributed by atoms with Gasteiger partial charge in [0, 0.05) is 11.4 Å². The van der Waals surface area contributed by atoms with Crippen LogP contribution >= 0.6 is 9.53 Å². The maximum atomic E-state index is 12.6. The van der Waals surface area contributed by atoms with Crippen LogP contribution in [-0.4, -0.2) is 29.1 Å². The average Bonchev–Trinajstić information content (AvgIpc) is 2.53. The number of hydrogen-bond donors (Lipinski definition) is 2.